The van der Waals surface area contributed by atoms with Crippen LogP contribution < -0.4 is 0 Å². The molecule has 3 aromatic rings. The summed E-state index contributed by atoms with van der Waals surface area (Å²) in [7, 11) is -7.78. The summed E-state index contributed by atoms with van der Waals surface area (Å²) in [5, 5.41) is 11.0. The van der Waals surface area contributed by atoms with Crippen molar-refractivity contribution in [2.45, 2.75) is 60.7 Å². The van der Waals surface area contributed by atoms with Gasteiger partial charge in [0.1, 0.15) is 10.7 Å². The van der Waals surface area contributed by atoms with E-state index < -0.39 is 60.4 Å². The molecular weight excluding hydrogens is 524 g/mol. The lowest BCUT2D eigenvalue weighted by atomic mass is 9.73. The number of pyridine rings is 1. The maximum Gasteiger partial charge on any atom is 0.417 e. The van der Waals surface area contributed by atoms with Crippen LogP contribution in [0, 0.1) is 5.82 Å². The summed E-state index contributed by atoms with van der Waals surface area (Å²) in [5.74, 6) is -1.30. The van der Waals surface area contributed by atoms with Crippen molar-refractivity contribution in [1.29, 1.82) is 0 Å². The topological polar surface area (TPSA) is 117 Å². The second-order valence-corrected chi connectivity index (χ2v) is 13.6. The molecule has 1 unspecified atom stereocenters. The van der Waals surface area contributed by atoms with E-state index in [1.165, 1.54) is 51.2 Å². The molecular formula is C23H26F4N2O5S2. The third-order valence-corrected chi connectivity index (χ3v) is 8.82. The Kier molecular flexibility index (Phi) is 7.10. The maximum atomic E-state index is 14.4. The van der Waals surface area contributed by atoms with Gasteiger partial charge < -0.3 is 10.1 Å². The summed E-state index contributed by atoms with van der Waals surface area (Å²) in [6, 6.07) is 5.84. The monoisotopic (exact) mass is 550 g/mol. The number of aromatic nitrogens is 2. The molecule has 0 aliphatic rings. The zero-order valence-corrected chi connectivity index (χ0v) is 21.6. The number of halogens is 4. The van der Waals surface area contributed by atoms with Crippen LogP contribution in [0.15, 0.2) is 46.5 Å². The minimum Gasteiger partial charge on any atom is -0.380 e. The molecule has 0 radical (unpaired) electrons. The lowest BCUT2D eigenvalue weighted by Gasteiger charge is -2.38. The van der Waals surface area contributed by atoms with Crippen LogP contribution in [0.4, 0.5) is 17.6 Å². The second-order valence-electron chi connectivity index (χ2n) is 9.46. The Hall–Kier alpha value is -2.51. The number of aromatic amines is 1. The number of rotatable bonds is 8. The normalized spacial score (nSPS) is 15.2. The van der Waals surface area contributed by atoms with Crippen molar-refractivity contribution in [3.63, 3.8) is 0 Å². The summed E-state index contributed by atoms with van der Waals surface area (Å²) in [6.07, 6.45) is -5.14. The first-order valence-corrected chi connectivity index (χ1v) is 14.3. The number of hydrogen-bond donors (Lipinski definition) is 2. The minimum absolute atomic E-state index is 0.0453. The largest absolute Gasteiger partial charge is 0.417 e. The Labute approximate surface area is 206 Å². The van der Waals surface area contributed by atoms with Crippen molar-refractivity contribution in [3.8, 4) is 0 Å². The molecule has 0 aliphatic carbocycles. The van der Waals surface area contributed by atoms with Crippen LogP contribution in [0.3, 0.4) is 0 Å². The van der Waals surface area contributed by atoms with Gasteiger partial charge in [0.05, 0.1) is 17.5 Å². The number of fused-ring (bicyclic) bond motifs is 1. The first-order chi connectivity index (χ1) is 16.3. The van der Waals surface area contributed by atoms with Crippen LogP contribution in [0.2, 0.25) is 0 Å². The molecule has 0 bridgehead atoms. The summed E-state index contributed by atoms with van der Waals surface area (Å²) < 4.78 is 106. The number of aliphatic hydroxyl groups is 1. The van der Waals surface area contributed by atoms with E-state index in [-0.39, 0.29) is 27.6 Å². The molecule has 13 heteroatoms. The molecule has 3 rings (SSSR count). The number of hydrogen-bond acceptors (Lipinski definition) is 6. The Balaban J connectivity index is 2.06. The zero-order chi connectivity index (χ0) is 27.3. The van der Waals surface area contributed by atoms with Crippen molar-refractivity contribution in [2.24, 2.45) is 0 Å². The smallest absolute Gasteiger partial charge is 0.380 e. The lowest BCUT2D eigenvalue weighted by molar-refractivity contribution is -0.266. The van der Waals surface area contributed by atoms with E-state index >= 15 is 0 Å². The maximum absolute atomic E-state index is 14.4. The average Bonchev–Trinajstić information content (AvgIpc) is 3.12. The second kappa shape index (κ2) is 9.10. The van der Waals surface area contributed by atoms with Gasteiger partial charge in [0.25, 0.3) is 0 Å². The van der Waals surface area contributed by atoms with Crippen LogP contribution in [-0.2, 0) is 31.5 Å². The van der Waals surface area contributed by atoms with Crippen LogP contribution in [0.25, 0.3) is 10.9 Å². The van der Waals surface area contributed by atoms with E-state index in [4.69, 9.17) is 0 Å². The SMILES string of the molecule is CCS(=O)(=O)c1cc2cc(CC(O)(CC(C)(C)c3cccc(F)c3S(C)(=O)=O)C(F)(F)F)[nH]c2cn1. The molecule has 2 heterocycles. The van der Waals surface area contributed by atoms with Gasteiger partial charge in [-0.3, -0.25) is 0 Å². The van der Waals surface area contributed by atoms with E-state index in [1.54, 1.807) is 0 Å². The van der Waals surface area contributed by atoms with Gasteiger partial charge in [0, 0.05) is 23.8 Å². The van der Waals surface area contributed by atoms with Crippen molar-refractivity contribution in [3.05, 3.63) is 53.6 Å². The summed E-state index contributed by atoms with van der Waals surface area (Å²) >= 11 is 0. The molecule has 1 aromatic carbocycles. The van der Waals surface area contributed by atoms with E-state index in [0.717, 1.165) is 12.3 Å². The van der Waals surface area contributed by atoms with Gasteiger partial charge in [0.2, 0.25) is 0 Å². The molecule has 1 atom stereocenters. The van der Waals surface area contributed by atoms with E-state index in [2.05, 4.69) is 9.97 Å². The highest BCUT2D eigenvalue weighted by Gasteiger charge is 2.56. The molecule has 2 aromatic heterocycles. The number of benzene rings is 1. The Bertz CT molecular complexity index is 1510. The molecule has 0 spiro atoms. The van der Waals surface area contributed by atoms with Gasteiger partial charge in [-0.2, -0.15) is 13.2 Å². The van der Waals surface area contributed by atoms with Crippen LogP contribution in [0.1, 0.15) is 38.4 Å². The highest BCUT2D eigenvalue weighted by molar-refractivity contribution is 7.91. The number of sulfone groups is 2. The van der Waals surface area contributed by atoms with Gasteiger partial charge in [0.15, 0.2) is 30.3 Å². The fraction of sp³-hybridized carbons (Fsp3) is 0.435. The standard InChI is InChI=1S/C23H26F4N2O5S2/c1-5-36(33,34)19-10-14-9-15(29-18(14)12-28-19)11-22(30,23(25,26)27)13-21(2,3)16-7-6-8-17(24)20(16)35(4,31)32/h6-10,12,29-30H,5,11,13H2,1-4H3. The van der Waals surface area contributed by atoms with Crippen molar-refractivity contribution >= 4 is 30.6 Å². The quantitative estimate of drug-likeness (QED) is 0.408. The fourth-order valence-corrected chi connectivity index (χ4v) is 6.29. The van der Waals surface area contributed by atoms with E-state index in [9.17, 15) is 39.5 Å². The number of nitrogens with one attached hydrogen (secondary N) is 1. The van der Waals surface area contributed by atoms with Crippen molar-refractivity contribution < 1.29 is 39.5 Å². The number of nitrogens with zero attached hydrogens (tertiary/aromatic N) is 1. The van der Waals surface area contributed by atoms with Crippen LogP contribution in [-0.4, -0.2) is 55.7 Å². The highest BCUT2D eigenvalue weighted by Crippen LogP contribution is 2.44. The first kappa shape index (κ1) is 28.1. The molecule has 2 N–H and O–H groups in total. The predicted molar refractivity (Wildman–Crippen MR) is 126 cm³/mol. The van der Waals surface area contributed by atoms with Crippen molar-refractivity contribution in [1.82, 2.24) is 9.97 Å². The zero-order valence-electron chi connectivity index (χ0n) is 19.9. The average molecular weight is 551 g/mol. The molecule has 0 fully saturated rings. The minimum atomic E-state index is -5.14. The third kappa shape index (κ3) is 5.42. The van der Waals surface area contributed by atoms with Crippen LogP contribution >= 0.6 is 0 Å². The summed E-state index contributed by atoms with van der Waals surface area (Å²) in [5.41, 5.74) is -4.93. The van der Waals surface area contributed by atoms with E-state index in [1.807, 2.05) is 0 Å². The number of alkyl halides is 3. The van der Waals surface area contributed by atoms with E-state index in [0.29, 0.717) is 5.39 Å². The van der Waals surface area contributed by atoms with Gasteiger partial charge >= 0.3 is 6.18 Å². The Morgan fingerprint density at radius 3 is 2.28 bits per heavy atom. The Morgan fingerprint density at radius 1 is 1.08 bits per heavy atom. The third-order valence-electron chi connectivity index (χ3n) is 6.05. The van der Waals surface area contributed by atoms with Gasteiger partial charge in [-0.25, -0.2) is 26.2 Å². The van der Waals surface area contributed by atoms with Crippen LogP contribution in [0.5, 0.6) is 0 Å². The summed E-state index contributed by atoms with van der Waals surface area (Å²) in [6.45, 7) is 4.02. The Morgan fingerprint density at radius 2 is 1.72 bits per heavy atom. The molecule has 0 saturated heterocycles. The fourth-order valence-electron chi connectivity index (χ4n) is 4.31. The summed E-state index contributed by atoms with van der Waals surface area (Å²) in [4.78, 5) is 5.85. The molecule has 0 amide bonds. The molecule has 0 aliphatic heterocycles. The van der Waals surface area contributed by atoms with Gasteiger partial charge in [-0.15, -0.1) is 0 Å². The van der Waals surface area contributed by atoms with Crippen molar-refractivity contribution in [2.75, 3.05) is 12.0 Å². The van der Waals surface area contributed by atoms with Gasteiger partial charge in [-0.1, -0.05) is 32.9 Å². The molecule has 0 saturated carbocycles. The lowest BCUT2D eigenvalue weighted by Crippen LogP contribution is -2.51. The highest BCUT2D eigenvalue weighted by atomic mass is 32.2. The first-order valence-electron chi connectivity index (χ1n) is 10.8. The van der Waals surface area contributed by atoms with Gasteiger partial charge in [-0.05, 0) is 35.6 Å². The molecule has 36 heavy (non-hydrogen) atoms. The molecule has 7 nitrogen and oxygen atoms in total. The predicted octanol–water partition coefficient (Wildman–Crippen LogP) is 4.10. The molecule has 198 valence electrons. The number of H-pyrrole nitrogens is 1.